The first-order chi connectivity index (χ1) is 8.09. The zero-order chi connectivity index (χ0) is 12.7. The summed E-state index contributed by atoms with van der Waals surface area (Å²) in [6.45, 7) is 2.20. The molecule has 0 radical (unpaired) electrons. The maximum absolute atomic E-state index is 10.5. The lowest BCUT2D eigenvalue weighted by Crippen LogP contribution is -2.21. The summed E-state index contributed by atoms with van der Waals surface area (Å²) in [6.07, 6.45) is 0.638. The Morgan fingerprint density at radius 3 is 2.76 bits per heavy atom. The fourth-order valence-corrected chi connectivity index (χ4v) is 1.52. The van der Waals surface area contributed by atoms with E-state index in [4.69, 9.17) is 32.8 Å². The third-order valence-electron chi connectivity index (χ3n) is 1.76. The summed E-state index contributed by atoms with van der Waals surface area (Å²) in [5.41, 5.74) is 2.23. The van der Waals surface area contributed by atoms with Crippen LogP contribution >= 0.6 is 23.2 Å². The Morgan fingerprint density at radius 2 is 2.12 bits per heavy atom. The minimum absolute atomic E-state index is 0.230. The van der Waals surface area contributed by atoms with Gasteiger partial charge in [-0.2, -0.15) is 0 Å². The second-order valence-corrected chi connectivity index (χ2v) is 4.13. The first-order valence-electron chi connectivity index (χ1n) is 5.06. The van der Waals surface area contributed by atoms with Crippen LogP contribution in [0.25, 0.3) is 0 Å². The Balaban J connectivity index is 2.20. The Bertz CT molecular complexity index is 385. The molecule has 0 aliphatic heterocycles. The second-order valence-electron chi connectivity index (χ2n) is 3.28. The predicted octanol–water partition coefficient (Wildman–Crippen LogP) is 2.83. The zero-order valence-electron chi connectivity index (χ0n) is 9.33. The van der Waals surface area contributed by atoms with Crippen LogP contribution in [0.15, 0.2) is 18.2 Å². The molecular formula is C11H13Cl2NO3. The van der Waals surface area contributed by atoms with Crippen LogP contribution in [0.5, 0.6) is 5.75 Å². The summed E-state index contributed by atoms with van der Waals surface area (Å²) >= 11 is 11.7. The lowest BCUT2D eigenvalue weighted by atomic mass is 10.3. The monoisotopic (exact) mass is 277 g/mol. The average molecular weight is 278 g/mol. The summed E-state index contributed by atoms with van der Waals surface area (Å²) in [7, 11) is 0. The largest absolute Gasteiger partial charge is 0.492 e. The van der Waals surface area contributed by atoms with Gasteiger partial charge in [0.2, 0.25) is 5.91 Å². The van der Waals surface area contributed by atoms with Gasteiger partial charge in [0.25, 0.3) is 0 Å². The number of rotatable bonds is 6. The van der Waals surface area contributed by atoms with E-state index < -0.39 is 0 Å². The van der Waals surface area contributed by atoms with Gasteiger partial charge in [-0.25, -0.2) is 5.48 Å². The molecule has 6 heteroatoms. The lowest BCUT2D eigenvalue weighted by molar-refractivity contribution is -0.131. The molecular weight excluding hydrogens is 265 g/mol. The first-order valence-corrected chi connectivity index (χ1v) is 5.81. The molecule has 0 aliphatic rings. The first kappa shape index (κ1) is 14.1. The van der Waals surface area contributed by atoms with E-state index in [2.05, 4.69) is 5.48 Å². The van der Waals surface area contributed by atoms with Crippen molar-refractivity contribution in [1.82, 2.24) is 5.48 Å². The number of ether oxygens (including phenoxy) is 1. The quantitative estimate of drug-likeness (QED) is 0.643. The Hall–Kier alpha value is -0.970. The van der Waals surface area contributed by atoms with Crippen LogP contribution in [0.3, 0.4) is 0 Å². The van der Waals surface area contributed by atoms with Gasteiger partial charge < -0.3 is 4.74 Å². The van der Waals surface area contributed by atoms with Gasteiger partial charge in [-0.3, -0.25) is 9.63 Å². The van der Waals surface area contributed by atoms with Crippen molar-refractivity contribution in [3.63, 3.8) is 0 Å². The minimum atomic E-state index is -0.230. The van der Waals surface area contributed by atoms with E-state index >= 15 is 0 Å². The summed E-state index contributed by atoms with van der Waals surface area (Å²) < 4.78 is 5.42. The molecule has 94 valence electrons. The van der Waals surface area contributed by atoms with Gasteiger partial charge in [0.05, 0.1) is 18.2 Å². The minimum Gasteiger partial charge on any atom is -0.492 e. The van der Waals surface area contributed by atoms with Gasteiger partial charge in [0, 0.05) is 18.4 Å². The van der Waals surface area contributed by atoms with Gasteiger partial charge in [-0.05, 0) is 18.2 Å². The van der Waals surface area contributed by atoms with Crippen LogP contribution in [0.4, 0.5) is 0 Å². The van der Waals surface area contributed by atoms with Crippen molar-refractivity contribution < 1.29 is 14.4 Å². The molecule has 0 heterocycles. The molecule has 0 aromatic heterocycles. The third-order valence-corrected chi connectivity index (χ3v) is 2.29. The number of carbonyl (C=O) groups excluding carboxylic acids is 1. The number of hydrogen-bond donors (Lipinski definition) is 1. The SMILES string of the molecule is CC(=O)NOCCCOc1ccc(Cl)cc1Cl. The van der Waals surface area contributed by atoms with Gasteiger partial charge in [-0.15, -0.1) is 0 Å². The van der Waals surface area contributed by atoms with Crippen LogP contribution in [0.2, 0.25) is 10.0 Å². The van der Waals surface area contributed by atoms with E-state index in [1.165, 1.54) is 6.92 Å². The molecule has 1 rings (SSSR count). The third kappa shape index (κ3) is 5.77. The fourth-order valence-electron chi connectivity index (χ4n) is 1.06. The van der Waals surface area contributed by atoms with Gasteiger partial charge in [-0.1, -0.05) is 23.2 Å². The molecule has 1 N–H and O–H groups in total. The van der Waals surface area contributed by atoms with Crippen molar-refractivity contribution >= 4 is 29.1 Å². The molecule has 0 atom stereocenters. The summed E-state index contributed by atoms with van der Waals surface area (Å²) in [5, 5.41) is 1.04. The maximum Gasteiger partial charge on any atom is 0.240 e. The number of benzene rings is 1. The lowest BCUT2D eigenvalue weighted by Gasteiger charge is -2.08. The van der Waals surface area contributed by atoms with Crippen molar-refractivity contribution in [2.24, 2.45) is 0 Å². The predicted molar refractivity (Wildman–Crippen MR) is 66.3 cm³/mol. The summed E-state index contributed by atoms with van der Waals surface area (Å²) in [5.74, 6) is 0.349. The molecule has 0 saturated heterocycles. The molecule has 4 nitrogen and oxygen atoms in total. The molecule has 17 heavy (non-hydrogen) atoms. The molecule has 1 aromatic carbocycles. The highest BCUT2D eigenvalue weighted by Gasteiger charge is 2.01. The summed E-state index contributed by atoms with van der Waals surface area (Å²) in [6, 6.07) is 5.03. The van der Waals surface area contributed by atoms with Crippen LogP contribution in [-0.4, -0.2) is 19.1 Å². The molecule has 0 fully saturated rings. The molecule has 1 aromatic rings. The van der Waals surface area contributed by atoms with Crippen molar-refractivity contribution in [3.8, 4) is 5.75 Å². The van der Waals surface area contributed by atoms with E-state index in [0.29, 0.717) is 35.4 Å². The number of hydrogen-bond acceptors (Lipinski definition) is 3. The van der Waals surface area contributed by atoms with Gasteiger partial charge in [0.1, 0.15) is 5.75 Å². The Kier molecular flexibility index (Phi) is 6.11. The number of amides is 1. The van der Waals surface area contributed by atoms with E-state index in [-0.39, 0.29) is 5.91 Å². The van der Waals surface area contributed by atoms with Crippen molar-refractivity contribution in [2.45, 2.75) is 13.3 Å². The van der Waals surface area contributed by atoms with Crippen LogP contribution in [0, 0.1) is 0 Å². The molecule has 0 saturated carbocycles. The second kappa shape index (κ2) is 7.37. The molecule has 1 amide bonds. The van der Waals surface area contributed by atoms with Crippen molar-refractivity contribution in [3.05, 3.63) is 28.2 Å². The van der Waals surface area contributed by atoms with E-state index in [1.807, 2.05) is 0 Å². The molecule has 0 unspecified atom stereocenters. The highest BCUT2D eigenvalue weighted by molar-refractivity contribution is 6.35. The standard InChI is InChI=1S/C11H13Cl2NO3/c1-8(15)14-17-6-2-5-16-11-4-3-9(12)7-10(11)13/h3-4,7H,2,5-6H2,1H3,(H,14,15). The average Bonchev–Trinajstić information content (AvgIpc) is 2.25. The molecule has 0 aliphatic carbocycles. The summed E-state index contributed by atoms with van der Waals surface area (Å²) in [4.78, 5) is 15.3. The Morgan fingerprint density at radius 1 is 1.35 bits per heavy atom. The van der Waals surface area contributed by atoms with E-state index in [1.54, 1.807) is 18.2 Å². The number of nitrogens with one attached hydrogen (secondary N) is 1. The highest BCUT2D eigenvalue weighted by atomic mass is 35.5. The number of carbonyl (C=O) groups is 1. The van der Waals surface area contributed by atoms with Crippen LogP contribution < -0.4 is 10.2 Å². The maximum atomic E-state index is 10.5. The zero-order valence-corrected chi connectivity index (χ0v) is 10.8. The van der Waals surface area contributed by atoms with E-state index in [0.717, 1.165) is 0 Å². The Labute approximate surface area is 110 Å². The van der Waals surface area contributed by atoms with Crippen LogP contribution in [-0.2, 0) is 9.63 Å². The van der Waals surface area contributed by atoms with E-state index in [9.17, 15) is 4.79 Å². The number of hydroxylamine groups is 1. The topological polar surface area (TPSA) is 47.6 Å². The smallest absolute Gasteiger partial charge is 0.240 e. The van der Waals surface area contributed by atoms with Crippen molar-refractivity contribution in [1.29, 1.82) is 0 Å². The van der Waals surface area contributed by atoms with Crippen molar-refractivity contribution in [2.75, 3.05) is 13.2 Å². The van der Waals surface area contributed by atoms with Gasteiger partial charge >= 0.3 is 0 Å². The fraction of sp³-hybridized carbons (Fsp3) is 0.364. The van der Waals surface area contributed by atoms with Gasteiger partial charge in [0.15, 0.2) is 0 Å². The molecule has 0 bridgehead atoms. The molecule has 0 spiro atoms. The normalized spacial score (nSPS) is 10.1. The number of halogens is 2. The van der Waals surface area contributed by atoms with Crippen LogP contribution in [0.1, 0.15) is 13.3 Å². The highest BCUT2D eigenvalue weighted by Crippen LogP contribution is 2.27.